The third kappa shape index (κ3) is 5.39. The number of phenolic OH excluding ortho intramolecular Hbond substituents is 1. The number of rotatable bonds is 6. The SMILES string of the molecule is O=C(COc1ccccc1[C@@H]1c2sc(=O)[nH]c2S[C@H]2C(=O)N(c3cccc(C(F)(F)F)c3)C(=O)[C@@H]12)Nc1ccc(O)cc1. The third-order valence-electron chi connectivity index (χ3n) is 7.02. The van der Waals surface area contributed by atoms with E-state index >= 15 is 0 Å². The number of nitrogens with zero attached hydrogens (tertiary/aromatic N) is 1. The van der Waals surface area contributed by atoms with E-state index in [2.05, 4.69) is 10.3 Å². The van der Waals surface area contributed by atoms with Gasteiger partial charge in [-0.05, 0) is 48.5 Å². The fraction of sp³-hybridized carbons (Fsp3) is 0.172. The number of anilines is 2. The zero-order valence-electron chi connectivity index (χ0n) is 21.8. The van der Waals surface area contributed by atoms with Gasteiger partial charge in [0.25, 0.3) is 5.91 Å². The van der Waals surface area contributed by atoms with Crippen molar-refractivity contribution in [3.8, 4) is 11.5 Å². The maximum atomic E-state index is 13.9. The van der Waals surface area contributed by atoms with Gasteiger partial charge in [-0.1, -0.05) is 47.4 Å². The molecule has 14 heteroatoms. The fourth-order valence-electron chi connectivity index (χ4n) is 5.18. The zero-order chi connectivity index (χ0) is 30.5. The molecule has 9 nitrogen and oxygen atoms in total. The van der Waals surface area contributed by atoms with Crippen molar-refractivity contribution in [3.05, 3.63) is 98.5 Å². The number of thioether (sulfide) groups is 1. The van der Waals surface area contributed by atoms with E-state index in [4.69, 9.17) is 4.74 Å². The minimum absolute atomic E-state index is 0.0325. The monoisotopic (exact) mass is 627 g/mol. The van der Waals surface area contributed by atoms with E-state index in [1.165, 1.54) is 30.3 Å². The number of alkyl halides is 3. The quantitative estimate of drug-likeness (QED) is 0.203. The van der Waals surface area contributed by atoms with Crippen molar-refractivity contribution in [3.63, 3.8) is 0 Å². The lowest BCUT2D eigenvalue weighted by Crippen LogP contribution is -2.32. The number of aromatic nitrogens is 1. The van der Waals surface area contributed by atoms with Crippen molar-refractivity contribution in [1.82, 2.24) is 4.98 Å². The number of imide groups is 1. The Morgan fingerprint density at radius 1 is 1.00 bits per heavy atom. The Morgan fingerprint density at radius 3 is 2.49 bits per heavy atom. The van der Waals surface area contributed by atoms with Crippen LogP contribution in [0.5, 0.6) is 11.5 Å². The van der Waals surface area contributed by atoms with Gasteiger partial charge in [-0.25, -0.2) is 4.90 Å². The Balaban J connectivity index is 1.34. The zero-order valence-corrected chi connectivity index (χ0v) is 23.4. The van der Waals surface area contributed by atoms with Crippen molar-refractivity contribution in [1.29, 1.82) is 0 Å². The van der Waals surface area contributed by atoms with E-state index in [1.807, 2.05) is 0 Å². The summed E-state index contributed by atoms with van der Waals surface area (Å²) in [5, 5.41) is 11.4. The van der Waals surface area contributed by atoms with Gasteiger partial charge in [0.2, 0.25) is 11.8 Å². The number of amides is 3. The molecule has 3 aromatic carbocycles. The molecule has 1 fully saturated rings. The molecule has 0 saturated carbocycles. The number of thiazole rings is 1. The molecular weight excluding hydrogens is 607 g/mol. The summed E-state index contributed by atoms with van der Waals surface area (Å²) in [6.45, 7) is -0.424. The lowest BCUT2D eigenvalue weighted by atomic mass is 9.82. The van der Waals surface area contributed by atoms with Crippen LogP contribution in [0.1, 0.15) is 21.9 Å². The topological polar surface area (TPSA) is 129 Å². The first-order valence-corrected chi connectivity index (χ1v) is 14.5. The summed E-state index contributed by atoms with van der Waals surface area (Å²) < 4.78 is 46.2. The number of phenols is 1. The smallest absolute Gasteiger partial charge is 0.416 e. The molecule has 43 heavy (non-hydrogen) atoms. The number of aromatic hydroxyl groups is 1. The highest BCUT2D eigenvalue weighted by Gasteiger charge is 2.57. The maximum Gasteiger partial charge on any atom is 0.416 e. The van der Waals surface area contributed by atoms with Gasteiger partial charge in [0.05, 0.1) is 22.2 Å². The Kier molecular flexibility index (Phi) is 7.26. The minimum Gasteiger partial charge on any atom is -0.508 e. The summed E-state index contributed by atoms with van der Waals surface area (Å²) in [5.74, 6) is -3.59. The second kappa shape index (κ2) is 10.9. The number of halogens is 3. The first-order valence-electron chi connectivity index (χ1n) is 12.8. The van der Waals surface area contributed by atoms with Crippen molar-refractivity contribution >= 4 is 52.2 Å². The molecule has 2 aliphatic rings. The van der Waals surface area contributed by atoms with Crippen LogP contribution in [-0.4, -0.2) is 39.7 Å². The third-order valence-corrected chi connectivity index (χ3v) is 9.42. The van der Waals surface area contributed by atoms with Crippen molar-refractivity contribution in [2.24, 2.45) is 5.92 Å². The highest BCUT2D eigenvalue weighted by molar-refractivity contribution is 8.00. The summed E-state index contributed by atoms with van der Waals surface area (Å²) >= 11 is 1.86. The van der Waals surface area contributed by atoms with Crippen LogP contribution in [0, 0.1) is 5.92 Å². The van der Waals surface area contributed by atoms with Gasteiger partial charge in [-0.2, -0.15) is 13.2 Å². The number of hydrogen-bond acceptors (Lipinski definition) is 8. The van der Waals surface area contributed by atoms with Crippen LogP contribution in [0.15, 0.2) is 82.6 Å². The van der Waals surface area contributed by atoms with Crippen molar-refractivity contribution < 1.29 is 37.4 Å². The average Bonchev–Trinajstić information content (AvgIpc) is 3.47. The molecule has 4 aromatic rings. The van der Waals surface area contributed by atoms with E-state index in [-0.39, 0.29) is 17.2 Å². The van der Waals surface area contributed by atoms with E-state index in [9.17, 15) is 37.5 Å². The van der Waals surface area contributed by atoms with Gasteiger partial charge in [0.15, 0.2) is 6.61 Å². The van der Waals surface area contributed by atoms with Gasteiger partial charge >= 0.3 is 11.0 Å². The second-order valence-electron chi connectivity index (χ2n) is 9.73. The molecule has 0 bridgehead atoms. The number of ether oxygens (including phenoxy) is 1. The normalized spacial score (nSPS) is 19.6. The van der Waals surface area contributed by atoms with Gasteiger partial charge in [-0.3, -0.25) is 19.2 Å². The lowest BCUT2D eigenvalue weighted by molar-refractivity contribution is -0.137. The van der Waals surface area contributed by atoms with Gasteiger partial charge in [0.1, 0.15) is 16.7 Å². The number of nitrogens with one attached hydrogen (secondary N) is 2. The number of hydrogen-bond donors (Lipinski definition) is 3. The molecule has 0 unspecified atom stereocenters. The number of para-hydroxylation sites is 1. The van der Waals surface area contributed by atoms with E-state index < -0.39 is 58.0 Å². The summed E-state index contributed by atoms with van der Waals surface area (Å²) in [6, 6.07) is 16.4. The van der Waals surface area contributed by atoms with Crippen molar-refractivity contribution in [2.45, 2.75) is 22.4 Å². The number of fused-ring (bicyclic) bond motifs is 2. The Bertz CT molecular complexity index is 1800. The number of benzene rings is 3. The average molecular weight is 628 g/mol. The van der Waals surface area contributed by atoms with Crippen molar-refractivity contribution in [2.75, 3.05) is 16.8 Å². The molecule has 6 rings (SSSR count). The molecule has 3 atom stereocenters. The molecule has 1 aromatic heterocycles. The number of aromatic amines is 1. The summed E-state index contributed by atoms with van der Waals surface area (Å²) in [7, 11) is 0. The van der Waals surface area contributed by atoms with Gasteiger partial charge in [0, 0.05) is 22.0 Å². The number of carbonyl (C=O) groups excluding carboxylic acids is 3. The molecular formula is C29H20F3N3O6S2. The predicted molar refractivity (Wildman–Crippen MR) is 153 cm³/mol. The summed E-state index contributed by atoms with van der Waals surface area (Å²) in [4.78, 5) is 56.1. The Hall–Kier alpha value is -4.56. The Morgan fingerprint density at radius 2 is 1.74 bits per heavy atom. The molecule has 0 aliphatic carbocycles. The van der Waals surface area contributed by atoms with Crippen LogP contribution in [0.2, 0.25) is 0 Å². The van der Waals surface area contributed by atoms with Gasteiger partial charge in [-0.15, -0.1) is 0 Å². The first kappa shape index (κ1) is 28.6. The first-order chi connectivity index (χ1) is 20.5. The Labute approximate surface area is 249 Å². The molecule has 2 aliphatic heterocycles. The standard InChI is InChI=1S/C29H20F3N3O6S2/c30-29(31,32)14-4-3-5-16(12-14)35-26(38)22-21(23-25(34-28(40)43-23)42-24(22)27(35)39)18-6-1-2-7-19(18)41-13-20(37)33-15-8-10-17(36)11-9-15/h1-12,21-22,24,36H,13H2,(H,33,37)(H,34,40)/t21-,22-,24+/m0/s1. The number of carbonyl (C=O) groups is 3. The molecule has 220 valence electrons. The number of H-pyrrole nitrogens is 1. The largest absolute Gasteiger partial charge is 0.508 e. The highest BCUT2D eigenvalue weighted by atomic mass is 32.2. The molecule has 1 saturated heterocycles. The fourth-order valence-corrected chi connectivity index (χ4v) is 7.69. The van der Waals surface area contributed by atoms with Gasteiger partial charge < -0.3 is 20.1 Å². The van der Waals surface area contributed by atoms with Crippen LogP contribution < -0.4 is 19.8 Å². The lowest BCUT2D eigenvalue weighted by Gasteiger charge is -2.30. The maximum absolute atomic E-state index is 13.9. The van der Waals surface area contributed by atoms with Crippen LogP contribution in [0.3, 0.4) is 0 Å². The van der Waals surface area contributed by atoms with Crippen LogP contribution in [0.4, 0.5) is 24.5 Å². The van der Waals surface area contributed by atoms with Crippen LogP contribution in [0.25, 0.3) is 0 Å². The minimum atomic E-state index is -4.68. The second-order valence-corrected chi connectivity index (χ2v) is 11.9. The van der Waals surface area contributed by atoms with E-state index in [0.717, 1.165) is 46.2 Å². The van der Waals surface area contributed by atoms with Crippen LogP contribution >= 0.6 is 23.1 Å². The predicted octanol–water partition coefficient (Wildman–Crippen LogP) is 4.97. The van der Waals surface area contributed by atoms with Crippen LogP contribution in [-0.2, 0) is 20.6 Å². The van der Waals surface area contributed by atoms with E-state index in [0.29, 0.717) is 21.2 Å². The molecule has 0 spiro atoms. The molecule has 0 radical (unpaired) electrons. The molecule has 3 amide bonds. The van der Waals surface area contributed by atoms with E-state index in [1.54, 1.807) is 24.3 Å². The molecule has 3 heterocycles. The highest BCUT2D eigenvalue weighted by Crippen LogP contribution is 2.54. The summed E-state index contributed by atoms with van der Waals surface area (Å²) in [5.41, 5.74) is -0.347. The summed E-state index contributed by atoms with van der Waals surface area (Å²) in [6.07, 6.45) is -4.68. The molecule has 3 N–H and O–H groups in total.